The first kappa shape index (κ1) is 25.3. The molecule has 0 fully saturated rings. The molecule has 0 heterocycles. The SMILES string of the molecule is COc1ccc(NC(=O)C(=O)NN=C(C)c2ccc(OC(=O)c3cccc(Cl)c3)c(OC)c2)cc1. The second kappa shape index (κ2) is 11.7. The average molecular weight is 496 g/mol. The molecule has 0 bridgehead atoms. The molecule has 0 saturated carbocycles. The Morgan fingerprint density at radius 2 is 1.57 bits per heavy atom. The number of nitrogens with zero attached hydrogens (tertiary/aromatic N) is 1. The molecule has 35 heavy (non-hydrogen) atoms. The lowest BCUT2D eigenvalue weighted by molar-refractivity contribution is -0.136. The monoisotopic (exact) mass is 495 g/mol. The molecule has 0 aliphatic heterocycles. The van der Waals surface area contributed by atoms with Gasteiger partial charge in [-0.25, -0.2) is 10.2 Å². The quantitative estimate of drug-likeness (QED) is 0.168. The summed E-state index contributed by atoms with van der Waals surface area (Å²) in [4.78, 5) is 36.6. The summed E-state index contributed by atoms with van der Waals surface area (Å²) in [7, 11) is 2.95. The molecule has 0 radical (unpaired) electrons. The highest BCUT2D eigenvalue weighted by molar-refractivity contribution is 6.39. The maximum absolute atomic E-state index is 12.4. The number of benzene rings is 3. The van der Waals surface area contributed by atoms with Crippen LogP contribution in [0.2, 0.25) is 5.02 Å². The lowest BCUT2D eigenvalue weighted by Gasteiger charge is -2.11. The van der Waals surface area contributed by atoms with Gasteiger partial charge in [0.25, 0.3) is 0 Å². The number of halogens is 1. The molecule has 0 atom stereocenters. The molecular formula is C25H22ClN3O6. The van der Waals surface area contributed by atoms with Gasteiger partial charge in [0.15, 0.2) is 11.5 Å². The van der Waals surface area contributed by atoms with Crippen LogP contribution in [-0.2, 0) is 9.59 Å². The molecule has 0 unspecified atom stereocenters. The van der Waals surface area contributed by atoms with Gasteiger partial charge >= 0.3 is 17.8 Å². The van der Waals surface area contributed by atoms with E-state index < -0.39 is 17.8 Å². The molecule has 2 N–H and O–H groups in total. The number of anilines is 1. The highest BCUT2D eigenvalue weighted by atomic mass is 35.5. The van der Waals surface area contributed by atoms with Crippen molar-refractivity contribution in [1.82, 2.24) is 5.43 Å². The number of ether oxygens (including phenoxy) is 3. The Labute approximate surface area is 206 Å². The summed E-state index contributed by atoms with van der Waals surface area (Å²) in [6.45, 7) is 1.63. The van der Waals surface area contributed by atoms with Crippen molar-refractivity contribution in [3.05, 3.63) is 82.9 Å². The zero-order valence-electron chi connectivity index (χ0n) is 19.1. The molecule has 0 saturated heterocycles. The number of nitrogens with one attached hydrogen (secondary N) is 2. The van der Waals surface area contributed by atoms with E-state index in [0.717, 1.165) is 0 Å². The van der Waals surface area contributed by atoms with Crippen LogP contribution in [0, 0.1) is 0 Å². The van der Waals surface area contributed by atoms with Crippen LogP contribution in [-0.4, -0.2) is 37.7 Å². The maximum atomic E-state index is 12.4. The number of carbonyl (C=O) groups is 3. The fraction of sp³-hybridized carbons (Fsp3) is 0.120. The van der Waals surface area contributed by atoms with Crippen molar-refractivity contribution in [1.29, 1.82) is 0 Å². The molecule has 0 spiro atoms. The zero-order chi connectivity index (χ0) is 25.4. The van der Waals surface area contributed by atoms with Crippen LogP contribution >= 0.6 is 11.6 Å². The van der Waals surface area contributed by atoms with Gasteiger partial charge in [0.2, 0.25) is 0 Å². The van der Waals surface area contributed by atoms with Crippen molar-refractivity contribution in [2.45, 2.75) is 6.92 Å². The second-order valence-corrected chi connectivity index (χ2v) is 7.52. The lowest BCUT2D eigenvalue weighted by atomic mass is 10.1. The van der Waals surface area contributed by atoms with Gasteiger partial charge in [-0.3, -0.25) is 9.59 Å². The molecule has 10 heteroatoms. The van der Waals surface area contributed by atoms with Crippen LogP contribution < -0.4 is 25.0 Å². The molecule has 3 aromatic rings. The van der Waals surface area contributed by atoms with Crippen LogP contribution in [0.3, 0.4) is 0 Å². The Balaban J connectivity index is 1.65. The summed E-state index contributed by atoms with van der Waals surface area (Å²) in [5.74, 6) is -1.34. The number of hydrogen-bond acceptors (Lipinski definition) is 7. The van der Waals surface area contributed by atoms with Crippen molar-refractivity contribution in [3.63, 3.8) is 0 Å². The van der Waals surface area contributed by atoms with Gasteiger partial charge in [-0.05, 0) is 67.6 Å². The maximum Gasteiger partial charge on any atom is 0.343 e. The smallest absolute Gasteiger partial charge is 0.343 e. The van der Waals surface area contributed by atoms with E-state index in [1.165, 1.54) is 26.4 Å². The number of methoxy groups -OCH3 is 2. The molecule has 2 amide bonds. The van der Waals surface area contributed by atoms with E-state index >= 15 is 0 Å². The largest absolute Gasteiger partial charge is 0.497 e. The van der Waals surface area contributed by atoms with Crippen molar-refractivity contribution in [2.24, 2.45) is 5.10 Å². The Morgan fingerprint density at radius 3 is 2.23 bits per heavy atom. The van der Waals surface area contributed by atoms with E-state index in [4.69, 9.17) is 25.8 Å². The normalized spacial score (nSPS) is 10.8. The molecule has 3 aromatic carbocycles. The summed E-state index contributed by atoms with van der Waals surface area (Å²) < 4.78 is 15.8. The predicted molar refractivity (Wildman–Crippen MR) is 131 cm³/mol. The third kappa shape index (κ3) is 6.81. The summed E-state index contributed by atoms with van der Waals surface area (Å²) >= 11 is 5.92. The van der Waals surface area contributed by atoms with Crippen LogP contribution in [0.5, 0.6) is 17.2 Å². The Morgan fingerprint density at radius 1 is 0.829 bits per heavy atom. The topological polar surface area (TPSA) is 115 Å². The first-order chi connectivity index (χ1) is 16.8. The molecular weight excluding hydrogens is 474 g/mol. The Bertz CT molecular complexity index is 1270. The first-order valence-corrected chi connectivity index (χ1v) is 10.6. The third-order valence-corrected chi connectivity index (χ3v) is 4.96. The number of carbonyl (C=O) groups excluding carboxylic acids is 3. The van der Waals surface area contributed by atoms with E-state index in [2.05, 4.69) is 15.8 Å². The fourth-order valence-electron chi connectivity index (χ4n) is 2.86. The number of amides is 2. The van der Waals surface area contributed by atoms with Crippen LogP contribution in [0.15, 0.2) is 71.8 Å². The second-order valence-electron chi connectivity index (χ2n) is 7.09. The summed E-state index contributed by atoms with van der Waals surface area (Å²) in [6, 6.07) is 17.6. The molecule has 9 nitrogen and oxygen atoms in total. The van der Waals surface area contributed by atoms with Gasteiger partial charge in [-0.2, -0.15) is 5.10 Å². The van der Waals surface area contributed by atoms with Crippen molar-refractivity contribution >= 4 is 40.8 Å². The van der Waals surface area contributed by atoms with Crippen LogP contribution in [0.25, 0.3) is 0 Å². The molecule has 0 aliphatic carbocycles. The highest BCUT2D eigenvalue weighted by Gasteiger charge is 2.16. The van der Waals surface area contributed by atoms with Crippen molar-refractivity contribution in [2.75, 3.05) is 19.5 Å². The number of esters is 1. The number of hydrogen-bond donors (Lipinski definition) is 2. The zero-order valence-corrected chi connectivity index (χ0v) is 19.9. The van der Waals surface area contributed by atoms with E-state index in [1.807, 2.05) is 0 Å². The van der Waals surface area contributed by atoms with E-state index in [9.17, 15) is 14.4 Å². The number of hydrazone groups is 1. The highest BCUT2D eigenvalue weighted by Crippen LogP contribution is 2.29. The lowest BCUT2D eigenvalue weighted by Crippen LogP contribution is -2.32. The van der Waals surface area contributed by atoms with Gasteiger partial charge in [0.05, 0.1) is 25.5 Å². The molecule has 3 rings (SSSR count). The van der Waals surface area contributed by atoms with E-state index in [0.29, 0.717) is 27.7 Å². The van der Waals surface area contributed by atoms with E-state index in [1.54, 1.807) is 61.5 Å². The van der Waals surface area contributed by atoms with Crippen molar-refractivity contribution < 1.29 is 28.6 Å². The fourth-order valence-corrected chi connectivity index (χ4v) is 3.05. The molecule has 0 aliphatic rings. The molecule has 180 valence electrons. The standard InChI is InChI=1S/C25H22ClN3O6/c1-15(28-29-24(31)23(30)27-19-8-10-20(33-2)11-9-19)16-7-12-21(22(14-16)34-3)35-25(32)17-5-4-6-18(26)13-17/h4-14H,1-3H3,(H,27,30)(H,29,31). The minimum Gasteiger partial charge on any atom is -0.497 e. The Hall–Kier alpha value is -4.37. The van der Waals surface area contributed by atoms with Gasteiger partial charge in [0.1, 0.15) is 5.75 Å². The van der Waals surface area contributed by atoms with Gasteiger partial charge in [-0.15, -0.1) is 0 Å². The number of rotatable bonds is 7. The van der Waals surface area contributed by atoms with E-state index in [-0.39, 0.29) is 17.1 Å². The molecule has 0 aromatic heterocycles. The summed E-state index contributed by atoms with van der Waals surface area (Å²) in [5, 5.41) is 6.84. The minimum atomic E-state index is -0.945. The minimum absolute atomic E-state index is 0.192. The predicted octanol–water partition coefficient (Wildman–Crippen LogP) is 4.06. The van der Waals surface area contributed by atoms with Crippen molar-refractivity contribution in [3.8, 4) is 17.2 Å². The Kier molecular flexibility index (Phi) is 8.42. The van der Waals surface area contributed by atoms with Crippen LogP contribution in [0.1, 0.15) is 22.8 Å². The van der Waals surface area contributed by atoms with Gasteiger partial charge in [-0.1, -0.05) is 17.7 Å². The third-order valence-electron chi connectivity index (χ3n) is 4.72. The first-order valence-electron chi connectivity index (χ1n) is 10.3. The van der Waals surface area contributed by atoms with Gasteiger partial charge < -0.3 is 19.5 Å². The average Bonchev–Trinajstić information content (AvgIpc) is 2.87. The van der Waals surface area contributed by atoms with Gasteiger partial charge in [0, 0.05) is 16.3 Å². The summed E-state index contributed by atoms with van der Waals surface area (Å²) in [6.07, 6.45) is 0. The summed E-state index contributed by atoms with van der Waals surface area (Å²) in [5.41, 5.74) is 3.89. The van der Waals surface area contributed by atoms with Crippen LogP contribution in [0.4, 0.5) is 5.69 Å².